The van der Waals surface area contributed by atoms with Crippen molar-refractivity contribution in [2.75, 3.05) is 7.11 Å². The molecule has 0 saturated carbocycles. The number of hydrogen-bond donors (Lipinski definition) is 2. The largest absolute Gasteiger partial charge is 0.507 e. The molecule has 2 N–H and O–H groups in total. The van der Waals surface area contributed by atoms with Crippen LogP contribution < -0.4 is 4.74 Å². The first-order chi connectivity index (χ1) is 9.99. The number of ketones is 1. The second-order valence-electron chi connectivity index (χ2n) is 4.74. The van der Waals surface area contributed by atoms with Crippen molar-refractivity contribution >= 4 is 11.8 Å². The Morgan fingerprint density at radius 3 is 2.62 bits per heavy atom. The van der Waals surface area contributed by atoms with E-state index in [1.165, 1.54) is 19.2 Å². The quantitative estimate of drug-likeness (QED) is 0.540. The number of Topliss-reactive ketones (excluding diaryl/α,β-unsaturated/α-hetero) is 1. The van der Waals surface area contributed by atoms with Crippen LogP contribution in [-0.2, 0) is 11.2 Å². The molecule has 1 aromatic rings. The number of rotatable bonds is 9. The van der Waals surface area contributed by atoms with Gasteiger partial charge in [-0.25, -0.2) is 4.79 Å². The number of allylic oxidation sites excluding steroid dienone is 1. The Morgan fingerprint density at radius 2 is 2.05 bits per heavy atom. The fraction of sp³-hybridized carbons (Fsp3) is 0.375. The molecule has 0 bridgehead atoms. The van der Waals surface area contributed by atoms with Gasteiger partial charge < -0.3 is 14.9 Å². The number of unbranched alkanes of at least 4 members (excludes halogenated alkanes) is 2. The molecule has 114 valence electrons. The van der Waals surface area contributed by atoms with Crippen molar-refractivity contribution in [1.82, 2.24) is 0 Å². The Morgan fingerprint density at radius 1 is 1.33 bits per heavy atom. The summed E-state index contributed by atoms with van der Waals surface area (Å²) in [5.74, 6) is -1.39. The zero-order chi connectivity index (χ0) is 15.8. The van der Waals surface area contributed by atoms with Gasteiger partial charge in [0.1, 0.15) is 22.8 Å². The molecule has 5 nitrogen and oxygen atoms in total. The second-order valence-corrected chi connectivity index (χ2v) is 4.74. The maximum Gasteiger partial charge on any atom is 0.339 e. The van der Waals surface area contributed by atoms with Crippen LogP contribution in [0.2, 0.25) is 0 Å². The van der Waals surface area contributed by atoms with Crippen molar-refractivity contribution in [2.45, 2.75) is 32.1 Å². The lowest BCUT2D eigenvalue weighted by Crippen LogP contribution is -2.09. The molecule has 1 rings (SSSR count). The third-order valence-corrected chi connectivity index (χ3v) is 3.12. The molecule has 0 unspecified atom stereocenters. The molecule has 0 aliphatic rings. The van der Waals surface area contributed by atoms with Crippen LogP contribution in [-0.4, -0.2) is 29.1 Å². The average Bonchev–Trinajstić information content (AvgIpc) is 2.42. The summed E-state index contributed by atoms with van der Waals surface area (Å²) in [7, 11) is 1.41. The molecule has 0 atom stereocenters. The molecule has 5 heteroatoms. The highest BCUT2D eigenvalue weighted by atomic mass is 16.5. The number of methoxy groups -OCH3 is 1. The van der Waals surface area contributed by atoms with Gasteiger partial charge in [-0.2, -0.15) is 0 Å². The minimum absolute atomic E-state index is 0.0273. The van der Waals surface area contributed by atoms with Crippen molar-refractivity contribution in [3.8, 4) is 11.5 Å². The molecule has 0 radical (unpaired) electrons. The molecule has 0 amide bonds. The van der Waals surface area contributed by atoms with E-state index in [-0.39, 0.29) is 23.3 Å². The lowest BCUT2D eigenvalue weighted by molar-refractivity contribution is -0.118. The van der Waals surface area contributed by atoms with E-state index >= 15 is 0 Å². The summed E-state index contributed by atoms with van der Waals surface area (Å²) in [5, 5.41) is 18.9. The SMILES string of the molecule is C=CCCCCC(=O)Cc1cc(OC)cc(O)c1C(=O)O. The van der Waals surface area contributed by atoms with Crippen LogP contribution in [0.3, 0.4) is 0 Å². The number of benzene rings is 1. The van der Waals surface area contributed by atoms with Gasteiger partial charge >= 0.3 is 5.97 Å². The number of phenols is 1. The molecule has 21 heavy (non-hydrogen) atoms. The minimum Gasteiger partial charge on any atom is -0.507 e. The Labute approximate surface area is 123 Å². The third kappa shape index (κ3) is 4.95. The number of carbonyl (C=O) groups excluding carboxylic acids is 1. The van der Waals surface area contributed by atoms with Gasteiger partial charge in [0.05, 0.1) is 7.11 Å². The monoisotopic (exact) mass is 292 g/mol. The molecular weight excluding hydrogens is 272 g/mol. The molecule has 0 spiro atoms. The first-order valence-corrected chi connectivity index (χ1v) is 6.75. The summed E-state index contributed by atoms with van der Waals surface area (Å²) in [6.07, 6.45) is 4.62. The van der Waals surface area contributed by atoms with E-state index in [1.54, 1.807) is 6.08 Å². The Hall–Kier alpha value is -2.30. The van der Waals surface area contributed by atoms with Crippen molar-refractivity contribution in [2.24, 2.45) is 0 Å². The maximum atomic E-state index is 11.9. The van der Waals surface area contributed by atoms with Crippen LogP contribution in [0.5, 0.6) is 11.5 Å². The summed E-state index contributed by atoms with van der Waals surface area (Å²) in [4.78, 5) is 23.1. The molecule has 0 heterocycles. The summed E-state index contributed by atoms with van der Waals surface area (Å²) in [5.41, 5.74) is 0.0308. The lowest BCUT2D eigenvalue weighted by Gasteiger charge is -2.10. The summed E-state index contributed by atoms with van der Waals surface area (Å²) < 4.78 is 4.99. The standard InChI is InChI=1S/C16H20O5/c1-3-4-5-6-7-12(17)8-11-9-13(21-2)10-14(18)15(11)16(19)20/h3,9-10,18H,1,4-8H2,2H3,(H,19,20). The van der Waals surface area contributed by atoms with Crippen LogP contribution >= 0.6 is 0 Å². The van der Waals surface area contributed by atoms with Crippen LogP contribution in [0, 0.1) is 0 Å². The van der Waals surface area contributed by atoms with Crippen molar-refractivity contribution in [1.29, 1.82) is 0 Å². The van der Waals surface area contributed by atoms with E-state index in [4.69, 9.17) is 9.84 Å². The number of aromatic hydroxyl groups is 1. The smallest absolute Gasteiger partial charge is 0.339 e. The predicted molar refractivity (Wildman–Crippen MR) is 79.0 cm³/mol. The van der Waals surface area contributed by atoms with Crippen LogP contribution in [0.15, 0.2) is 24.8 Å². The number of carboxylic acid groups (broad SMARTS) is 1. The summed E-state index contributed by atoms with van der Waals surface area (Å²) >= 11 is 0. The average molecular weight is 292 g/mol. The number of ether oxygens (including phenoxy) is 1. The van der Waals surface area contributed by atoms with Crippen LogP contribution in [0.1, 0.15) is 41.6 Å². The predicted octanol–water partition coefficient (Wildman–Crippen LogP) is 2.96. The fourth-order valence-electron chi connectivity index (χ4n) is 2.07. The van der Waals surface area contributed by atoms with Crippen molar-refractivity contribution < 1.29 is 24.5 Å². The topological polar surface area (TPSA) is 83.8 Å². The van der Waals surface area contributed by atoms with E-state index in [9.17, 15) is 14.7 Å². The third-order valence-electron chi connectivity index (χ3n) is 3.12. The Kier molecular flexibility index (Phi) is 6.46. The first kappa shape index (κ1) is 16.8. The minimum atomic E-state index is -1.26. The van der Waals surface area contributed by atoms with Crippen LogP contribution in [0.4, 0.5) is 0 Å². The number of carbonyl (C=O) groups is 2. The number of hydrogen-bond acceptors (Lipinski definition) is 4. The van der Waals surface area contributed by atoms with Crippen molar-refractivity contribution in [3.63, 3.8) is 0 Å². The zero-order valence-corrected chi connectivity index (χ0v) is 12.1. The molecule has 0 fully saturated rings. The van der Waals surface area contributed by atoms with Gasteiger partial charge in [0.2, 0.25) is 0 Å². The Bertz CT molecular complexity index is 534. The van der Waals surface area contributed by atoms with Crippen LogP contribution in [0.25, 0.3) is 0 Å². The highest BCUT2D eigenvalue weighted by molar-refractivity contribution is 5.95. The van der Waals surface area contributed by atoms with Gasteiger partial charge in [-0.1, -0.05) is 6.08 Å². The fourth-order valence-corrected chi connectivity index (χ4v) is 2.07. The lowest BCUT2D eigenvalue weighted by atomic mass is 9.98. The molecule has 0 aromatic heterocycles. The van der Waals surface area contributed by atoms with Gasteiger partial charge in [-0.3, -0.25) is 4.79 Å². The summed E-state index contributed by atoms with van der Waals surface area (Å²) in [6, 6.07) is 2.70. The van der Waals surface area contributed by atoms with Gasteiger partial charge in [-0.05, 0) is 30.9 Å². The molecule has 0 aliphatic carbocycles. The van der Waals surface area contributed by atoms with E-state index < -0.39 is 11.7 Å². The van der Waals surface area contributed by atoms with E-state index in [1.807, 2.05) is 0 Å². The number of aromatic carboxylic acids is 1. The van der Waals surface area contributed by atoms with E-state index in [0.29, 0.717) is 12.2 Å². The van der Waals surface area contributed by atoms with E-state index in [0.717, 1.165) is 19.3 Å². The molecular formula is C16H20O5. The Balaban J connectivity index is 2.85. The molecule has 1 aromatic carbocycles. The van der Waals surface area contributed by atoms with Gasteiger partial charge in [0.25, 0.3) is 0 Å². The van der Waals surface area contributed by atoms with Gasteiger partial charge in [0, 0.05) is 18.9 Å². The zero-order valence-electron chi connectivity index (χ0n) is 12.1. The highest BCUT2D eigenvalue weighted by Crippen LogP contribution is 2.28. The second kappa shape index (κ2) is 8.09. The highest BCUT2D eigenvalue weighted by Gasteiger charge is 2.19. The van der Waals surface area contributed by atoms with Gasteiger partial charge in [0.15, 0.2) is 0 Å². The summed E-state index contributed by atoms with van der Waals surface area (Å²) in [6.45, 7) is 3.61. The van der Waals surface area contributed by atoms with E-state index in [2.05, 4.69) is 6.58 Å². The van der Waals surface area contributed by atoms with Gasteiger partial charge in [-0.15, -0.1) is 6.58 Å². The van der Waals surface area contributed by atoms with Crippen molar-refractivity contribution in [3.05, 3.63) is 35.9 Å². The first-order valence-electron chi connectivity index (χ1n) is 6.75. The normalized spacial score (nSPS) is 10.1. The number of carboxylic acids is 1. The molecule has 0 saturated heterocycles. The maximum absolute atomic E-state index is 11.9. The molecule has 0 aliphatic heterocycles.